The lowest BCUT2D eigenvalue weighted by Crippen LogP contribution is -2.56. The molecule has 1 aliphatic heterocycles. The Labute approximate surface area is 128 Å². The van der Waals surface area contributed by atoms with Crippen molar-refractivity contribution >= 4 is 5.91 Å². The number of aryl methyl sites for hydroxylation is 1. The van der Waals surface area contributed by atoms with Crippen molar-refractivity contribution in [2.75, 3.05) is 13.1 Å². The number of rotatable bonds is 3. The first-order valence-corrected chi connectivity index (χ1v) is 6.76. The Morgan fingerprint density at radius 1 is 1.39 bits per heavy atom. The minimum Gasteiger partial charge on any atom is -0.471 e. The zero-order chi connectivity index (χ0) is 16.6. The maximum atomic E-state index is 12.6. The number of carbonyl (C=O) groups excluding carboxylic acids is 1. The maximum Gasteiger partial charge on any atom is 0.433 e. The highest BCUT2D eigenvalue weighted by atomic mass is 19.4. The molecule has 9 heteroatoms. The molecule has 6 nitrogen and oxygen atoms in total. The average molecular weight is 327 g/mol. The van der Waals surface area contributed by atoms with Gasteiger partial charge in [-0.3, -0.25) is 4.79 Å². The van der Waals surface area contributed by atoms with Gasteiger partial charge in [-0.05, 0) is 13.0 Å². The lowest BCUT2D eigenvalue weighted by atomic mass is 10.1. The molecule has 0 radical (unpaired) electrons. The molecule has 23 heavy (non-hydrogen) atoms. The van der Waals surface area contributed by atoms with Crippen molar-refractivity contribution in [1.82, 2.24) is 15.0 Å². The van der Waals surface area contributed by atoms with Crippen LogP contribution in [-0.2, 0) is 6.18 Å². The van der Waals surface area contributed by atoms with E-state index in [4.69, 9.17) is 9.26 Å². The van der Waals surface area contributed by atoms with Crippen molar-refractivity contribution in [2.45, 2.75) is 19.2 Å². The Morgan fingerprint density at radius 3 is 2.74 bits per heavy atom. The summed E-state index contributed by atoms with van der Waals surface area (Å²) >= 11 is 0. The molecule has 3 rings (SSSR count). The monoisotopic (exact) mass is 327 g/mol. The number of carbonyl (C=O) groups is 1. The number of amides is 1. The fourth-order valence-electron chi connectivity index (χ4n) is 2.12. The fourth-order valence-corrected chi connectivity index (χ4v) is 2.12. The van der Waals surface area contributed by atoms with E-state index in [1.54, 1.807) is 6.92 Å². The number of pyridine rings is 1. The lowest BCUT2D eigenvalue weighted by Gasteiger charge is -2.38. The molecule has 2 aromatic rings. The molecule has 1 aliphatic rings. The first kappa shape index (κ1) is 15.3. The van der Waals surface area contributed by atoms with Gasteiger partial charge in [-0.25, -0.2) is 4.98 Å². The Kier molecular flexibility index (Phi) is 3.70. The van der Waals surface area contributed by atoms with Crippen LogP contribution in [0.5, 0.6) is 5.88 Å². The van der Waals surface area contributed by atoms with Gasteiger partial charge in [-0.15, -0.1) is 0 Å². The summed E-state index contributed by atoms with van der Waals surface area (Å²) in [6, 6.07) is 4.97. The Hall–Kier alpha value is -2.58. The molecule has 3 heterocycles. The number of halogens is 3. The number of hydrogen-bond donors (Lipinski definition) is 0. The summed E-state index contributed by atoms with van der Waals surface area (Å²) < 4.78 is 47.9. The topological polar surface area (TPSA) is 68.5 Å². The first-order valence-electron chi connectivity index (χ1n) is 6.76. The van der Waals surface area contributed by atoms with Crippen LogP contribution in [0.1, 0.15) is 21.9 Å². The van der Waals surface area contributed by atoms with Crippen LogP contribution in [0.4, 0.5) is 13.2 Å². The summed E-state index contributed by atoms with van der Waals surface area (Å²) in [7, 11) is 0. The molecule has 0 spiro atoms. The van der Waals surface area contributed by atoms with E-state index in [1.165, 1.54) is 23.1 Å². The van der Waals surface area contributed by atoms with E-state index in [-0.39, 0.29) is 30.6 Å². The summed E-state index contributed by atoms with van der Waals surface area (Å²) in [5.74, 6) is 0.0998. The third-order valence-corrected chi connectivity index (χ3v) is 3.28. The number of ether oxygens (including phenoxy) is 1. The molecule has 0 N–H and O–H groups in total. The molecule has 0 atom stereocenters. The van der Waals surface area contributed by atoms with Gasteiger partial charge in [0.2, 0.25) is 5.88 Å². The molecule has 0 unspecified atom stereocenters. The molecule has 122 valence electrons. The largest absolute Gasteiger partial charge is 0.471 e. The van der Waals surface area contributed by atoms with Gasteiger partial charge in [0.15, 0.2) is 5.69 Å². The van der Waals surface area contributed by atoms with Crippen molar-refractivity contribution in [2.24, 2.45) is 0 Å². The van der Waals surface area contributed by atoms with Crippen LogP contribution in [0, 0.1) is 6.92 Å². The summed E-state index contributed by atoms with van der Waals surface area (Å²) in [5.41, 5.74) is -0.821. The number of hydrogen-bond acceptors (Lipinski definition) is 5. The zero-order valence-corrected chi connectivity index (χ0v) is 12.0. The van der Waals surface area contributed by atoms with Crippen molar-refractivity contribution < 1.29 is 27.2 Å². The van der Waals surface area contributed by atoms with Gasteiger partial charge in [0.1, 0.15) is 17.6 Å². The molecule has 0 aliphatic carbocycles. The van der Waals surface area contributed by atoms with Crippen molar-refractivity contribution in [3.05, 3.63) is 41.4 Å². The molecule has 0 aromatic carbocycles. The van der Waals surface area contributed by atoms with Gasteiger partial charge in [0.25, 0.3) is 5.91 Å². The smallest absolute Gasteiger partial charge is 0.433 e. The Bertz CT molecular complexity index is 723. The molecule has 1 amide bonds. The molecule has 0 saturated carbocycles. The van der Waals surface area contributed by atoms with Crippen LogP contribution in [0.15, 0.2) is 28.8 Å². The third-order valence-electron chi connectivity index (χ3n) is 3.28. The van der Waals surface area contributed by atoms with Crippen LogP contribution >= 0.6 is 0 Å². The second kappa shape index (κ2) is 5.56. The second-order valence-electron chi connectivity index (χ2n) is 5.13. The predicted molar refractivity (Wildman–Crippen MR) is 70.8 cm³/mol. The fraction of sp³-hybridized carbons (Fsp3) is 0.357. The molecular formula is C14H12F3N3O3. The van der Waals surface area contributed by atoms with Gasteiger partial charge < -0.3 is 14.2 Å². The minimum atomic E-state index is -4.52. The second-order valence-corrected chi connectivity index (χ2v) is 5.13. The highest BCUT2D eigenvalue weighted by molar-refractivity contribution is 5.92. The SMILES string of the molecule is Cc1cc(C(=O)N2CC(Oc3cccc(C(F)(F)F)n3)C2)no1. The Morgan fingerprint density at radius 2 is 2.13 bits per heavy atom. The van der Waals surface area contributed by atoms with Crippen molar-refractivity contribution in [3.63, 3.8) is 0 Å². The van der Waals surface area contributed by atoms with Gasteiger partial charge in [-0.2, -0.15) is 13.2 Å². The summed E-state index contributed by atoms with van der Waals surface area (Å²) in [6.07, 6.45) is -4.92. The van der Waals surface area contributed by atoms with Gasteiger partial charge >= 0.3 is 6.18 Å². The van der Waals surface area contributed by atoms with Crippen molar-refractivity contribution in [3.8, 4) is 5.88 Å². The van der Waals surface area contributed by atoms with Gasteiger partial charge in [-0.1, -0.05) is 11.2 Å². The normalized spacial score (nSPS) is 15.4. The van der Waals surface area contributed by atoms with Gasteiger partial charge in [0, 0.05) is 12.1 Å². The predicted octanol–water partition coefficient (Wildman–Crippen LogP) is 2.30. The number of likely N-dealkylation sites (tertiary alicyclic amines) is 1. The number of nitrogens with zero attached hydrogens (tertiary/aromatic N) is 3. The van der Waals surface area contributed by atoms with Crippen LogP contribution in [0.2, 0.25) is 0 Å². The van der Waals surface area contributed by atoms with Crippen molar-refractivity contribution in [1.29, 1.82) is 0 Å². The van der Waals surface area contributed by atoms with Crippen LogP contribution in [-0.4, -0.2) is 40.1 Å². The van der Waals surface area contributed by atoms with E-state index in [9.17, 15) is 18.0 Å². The number of aromatic nitrogens is 2. The average Bonchev–Trinajstić information content (AvgIpc) is 2.88. The maximum absolute atomic E-state index is 12.6. The quantitative estimate of drug-likeness (QED) is 0.865. The first-order chi connectivity index (χ1) is 10.8. The van der Waals surface area contributed by atoms with E-state index < -0.39 is 18.0 Å². The third kappa shape index (κ3) is 3.27. The lowest BCUT2D eigenvalue weighted by molar-refractivity contribution is -0.141. The van der Waals surface area contributed by atoms with E-state index in [1.807, 2.05) is 0 Å². The molecule has 2 aromatic heterocycles. The number of alkyl halides is 3. The highest BCUT2D eigenvalue weighted by Gasteiger charge is 2.36. The van der Waals surface area contributed by atoms with E-state index in [2.05, 4.69) is 10.1 Å². The van der Waals surface area contributed by atoms with E-state index in [0.29, 0.717) is 5.76 Å². The highest BCUT2D eigenvalue weighted by Crippen LogP contribution is 2.29. The van der Waals surface area contributed by atoms with Gasteiger partial charge in [0.05, 0.1) is 13.1 Å². The van der Waals surface area contributed by atoms with E-state index in [0.717, 1.165) is 6.07 Å². The molecule has 1 saturated heterocycles. The molecule has 0 bridgehead atoms. The van der Waals surface area contributed by atoms with Crippen LogP contribution < -0.4 is 4.74 Å². The van der Waals surface area contributed by atoms with Crippen LogP contribution in [0.25, 0.3) is 0 Å². The minimum absolute atomic E-state index is 0.116. The summed E-state index contributed by atoms with van der Waals surface area (Å²) in [5, 5.41) is 3.62. The summed E-state index contributed by atoms with van der Waals surface area (Å²) in [4.78, 5) is 16.9. The standard InChI is InChI=1S/C14H12F3N3O3/c1-8-5-10(19-23-8)13(21)20-6-9(7-20)22-12-4-2-3-11(18-12)14(15,16)17/h2-5,9H,6-7H2,1H3. The van der Waals surface area contributed by atoms with Crippen LogP contribution in [0.3, 0.4) is 0 Å². The zero-order valence-electron chi connectivity index (χ0n) is 12.0. The van der Waals surface area contributed by atoms with E-state index >= 15 is 0 Å². The molecular weight excluding hydrogens is 315 g/mol. The summed E-state index contributed by atoms with van der Waals surface area (Å²) in [6.45, 7) is 2.18. The Balaban J connectivity index is 1.57. The molecule has 1 fully saturated rings.